The summed E-state index contributed by atoms with van der Waals surface area (Å²) in [7, 11) is 0. The third-order valence-electron chi connectivity index (χ3n) is 10.9. The number of esters is 2. The van der Waals surface area contributed by atoms with Crippen molar-refractivity contribution in [1.29, 1.82) is 0 Å². The standard InChI is InChI=1S/C56H96O5/c1-3-5-7-9-11-13-15-17-19-21-23-24-25-26-27-28-29-30-31-32-33-35-37-39-41-43-45-47-49-51-56(59)61-54(52-57)53-60-55(58)50-48-46-44-42-40-38-36-34-22-20-18-16-14-12-10-8-6-4-2/h5,7,11,13,17,19-20,22-24,26-27,29-30,54,57H,3-4,6,8-10,12,14-16,18,21,25,28,31-53H2,1-2H3/b7-5-,13-11-,19-17-,22-20-,24-23-,27-26-,30-29-. The Hall–Kier alpha value is -2.92. The topological polar surface area (TPSA) is 72.8 Å². The Kier molecular flexibility index (Phi) is 49.0. The molecular formula is C56H96O5. The van der Waals surface area contributed by atoms with Crippen LogP contribution in [0.1, 0.15) is 239 Å². The highest BCUT2D eigenvalue weighted by Gasteiger charge is 2.16. The second-order valence-corrected chi connectivity index (χ2v) is 16.9. The Labute approximate surface area is 377 Å². The zero-order valence-corrected chi connectivity index (χ0v) is 39.9. The zero-order valence-electron chi connectivity index (χ0n) is 39.9. The molecule has 0 spiro atoms. The normalized spacial score (nSPS) is 12.9. The van der Waals surface area contributed by atoms with Gasteiger partial charge in [-0.15, -0.1) is 0 Å². The monoisotopic (exact) mass is 849 g/mol. The van der Waals surface area contributed by atoms with Crippen LogP contribution >= 0.6 is 0 Å². The summed E-state index contributed by atoms with van der Waals surface area (Å²) in [6, 6.07) is 0. The first-order chi connectivity index (χ1) is 30.1. The summed E-state index contributed by atoms with van der Waals surface area (Å²) in [5.74, 6) is -0.600. The van der Waals surface area contributed by atoms with Gasteiger partial charge in [-0.25, -0.2) is 0 Å². The van der Waals surface area contributed by atoms with Crippen molar-refractivity contribution in [3.8, 4) is 0 Å². The van der Waals surface area contributed by atoms with Crippen molar-refractivity contribution in [2.75, 3.05) is 13.2 Å². The van der Waals surface area contributed by atoms with Crippen molar-refractivity contribution in [3.63, 3.8) is 0 Å². The first-order valence-corrected chi connectivity index (χ1v) is 25.6. The molecule has 0 aliphatic carbocycles. The summed E-state index contributed by atoms with van der Waals surface area (Å²) in [5, 5.41) is 9.63. The lowest BCUT2D eigenvalue weighted by atomic mass is 10.0. The number of rotatable bonds is 46. The van der Waals surface area contributed by atoms with E-state index in [0.29, 0.717) is 12.8 Å². The van der Waals surface area contributed by atoms with Gasteiger partial charge in [-0.2, -0.15) is 0 Å². The van der Waals surface area contributed by atoms with Gasteiger partial charge in [-0.3, -0.25) is 9.59 Å². The van der Waals surface area contributed by atoms with Gasteiger partial charge in [0.1, 0.15) is 6.61 Å². The number of unbranched alkanes of at least 4 members (excludes halogenated alkanes) is 24. The van der Waals surface area contributed by atoms with Crippen LogP contribution in [0.2, 0.25) is 0 Å². The number of carbonyl (C=O) groups is 2. The van der Waals surface area contributed by atoms with Gasteiger partial charge >= 0.3 is 11.9 Å². The van der Waals surface area contributed by atoms with Crippen LogP contribution in [-0.4, -0.2) is 36.4 Å². The van der Waals surface area contributed by atoms with Crippen LogP contribution in [0.5, 0.6) is 0 Å². The molecule has 1 atom stereocenters. The predicted octanol–water partition coefficient (Wildman–Crippen LogP) is 17.0. The van der Waals surface area contributed by atoms with E-state index in [9.17, 15) is 14.7 Å². The van der Waals surface area contributed by atoms with Gasteiger partial charge in [0.25, 0.3) is 0 Å². The van der Waals surface area contributed by atoms with Crippen LogP contribution < -0.4 is 0 Å². The summed E-state index contributed by atoms with van der Waals surface area (Å²) >= 11 is 0. The quantitative estimate of drug-likeness (QED) is 0.0375. The summed E-state index contributed by atoms with van der Waals surface area (Å²) < 4.78 is 10.7. The highest BCUT2D eigenvalue weighted by Crippen LogP contribution is 2.14. The van der Waals surface area contributed by atoms with Gasteiger partial charge in [-0.05, 0) is 89.9 Å². The molecule has 0 aromatic rings. The van der Waals surface area contributed by atoms with Crippen LogP contribution in [0.15, 0.2) is 85.1 Å². The molecule has 350 valence electrons. The van der Waals surface area contributed by atoms with Crippen molar-refractivity contribution in [2.24, 2.45) is 0 Å². The molecule has 0 aromatic heterocycles. The molecule has 0 heterocycles. The Morgan fingerprint density at radius 1 is 0.393 bits per heavy atom. The van der Waals surface area contributed by atoms with Gasteiger partial charge in [0.2, 0.25) is 0 Å². The van der Waals surface area contributed by atoms with Crippen LogP contribution in [0.3, 0.4) is 0 Å². The largest absolute Gasteiger partial charge is 0.462 e. The highest BCUT2D eigenvalue weighted by atomic mass is 16.6. The minimum atomic E-state index is -0.780. The van der Waals surface area contributed by atoms with Crippen molar-refractivity contribution < 1.29 is 24.2 Å². The molecule has 0 aliphatic rings. The molecule has 0 saturated carbocycles. The average molecular weight is 849 g/mol. The summed E-state index contributed by atoms with van der Waals surface area (Å²) in [6.45, 7) is 4.03. The molecule has 0 radical (unpaired) electrons. The number of carbonyl (C=O) groups excluding carboxylic acids is 2. The molecule has 0 rings (SSSR count). The smallest absolute Gasteiger partial charge is 0.306 e. The minimum absolute atomic E-state index is 0.0723. The molecule has 0 aliphatic heterocycles. The molecule has 0 saturated heterocycles. The second kappa shape index (κ2) is 51.4. The number of aliphatic hydroxyl groups is 1. The fraction of sp³-hybridized carbons (Fsp3) is 0.714. The molecule has 0 fully saturated rings. The van der Waals surface area contributed by atoms with Crippen LogP contribution in [0.25, 0.3) is 0 Å². The third-order valence-corrected chi connectivity index (χ3v) is 10.9. The highest BCUT2D eigenvalue weighted by molar-refractivity contribution is 5.70. The lowest BCUT2D eigenvalue weighted by Crippen LogP contribution is -2.28. The molecule has 61 heavy (non-hydrogen) atoms. The molecule has 1 unspecified atom stereocenters. The SMILES string of the molecule is CC/C=C\C/C=C\C/C=C\C/C=C\C/C=C\C/C=C\CCCCCCCCCCCCC(=O)OC(CO)COC(=O)CCCCCCCCC/C=C\CCCCCCCCC. The molecule has 5 nitrogen and oxygen atoms in total. The predicted molar refractivity (Wildman–Crippen MR) is 265 cm³/mol. The molecule has 1 N–H and O–H groups in total. The van der Waals surface area contributed by atoms with E-state index in [1.54, 1.807) is 0 Å². The van der Waals surface area contributed by atoms with Crippen molar-refractivity contribution in [2.45, 2.75) is 245 Å². The lowest BCUT2D eigenvalue weighted by molar-refractivity contribution is -0.161. The maximum Gasteiger partial charge on any atom is 0.306 e. The van der Waals surface area contributed by atoms with E-state index in [2.05, 4.69) is 98.9 Å². The average Bonchev–Trinajstić information content (AvgIpc) is 3.26. The van der Waals surface area contributed by atoms with E-state index in [4.69, 9.17) is 9.47 Å². The summed E-state index contributed by atoms with van der Waals surface area (Å²) in [4.78, 5) is 24.4. The zero-order chi connectivity index (χ0) is 44.2. The van der Waals surface area contributed by atoms with E-state index in [1.165, 1.54) is 135 Å². The van der Waals surface area contributed by atoms with E-state index in [1.807, 2.05) is 0 Å². The Morgan fingerprint density at radius 3 is 1.08 bits per heavy atom. The van der Waals surface area contributed by atoms with E-state index >= 15 is 0 Å². The van der Waals surface area contributed by atoms with Crippen LogP contribution in [-0.2, 0) is 19.1 Å². The van der Waals surface area contributed by atoms with Crippen LogP contribution in [0.4, 0.5) is 0 Å². The second-order valence-electron chi connectivity index (χ2n) is 16.9. The maximum atomic E-state index is 12.3. The Morgan fingerprint density at radius 2 is 0.705 bits per heavy atom. The number of aliphatic hydroxyl groups excluding tert-OH is 1. The molecular weight excluding hydrogens is 753 g/mol. The van der Waals surface area contributed by atoms with Gasteiger partial charge in [0.05, 0.1) is 6.61 Å². The molecule has 0 bridgehead atoms. The van der Waals surface area contributed by atoms with Gasteiger partial charge < -0.3 is 14.6 Å². The van der Waals surface area contributed by atoms with Crippen molar-refractivity contribution >= 4 is 11.9 Å². The Balaban J connectivity index is 3.55. The summed E-state index contributed by atoms with van der Waals surface area (Å²) in [6.07, 6.45) is 71.0. The number of hydrogen-bond donors (Lipinski definition) is 1. The number of hydrogen-bond acceptors (Lipinski definition) is 5. The summed E-state index contributed by atoms with van der Waals surface area (Å²) in [5.41, 5.74) is 0. The first-order valence-electron chi connectivity index (χ1n) is 25.6. The third kappa shape index (κ3) is 49.6. The molecule has 5 heteroatoms. The van der Waals surface area contributed by atoms with E-state index in [-0.39, 0.29) is 25.2 Å². The maximum absolute atomic E-state index is 12.3. The first kappa shape index (κ1) is 58.1. The van der Waals surface area contributed by atoms with E-state index in [0.717, 1.165) is 77.0 Å². The Bertz CT molecular complexity index is 1140. The fourth-order valence-corrected chi connectivity index (χ4v) is 7.08. The fourth-order valence-electron chi connectivity index (χ4n) is 7.08. The number of allylic oxidation sites excluding steroid dienone is 14. The van der Waals surface area contributed by atoms with Crippen LogP contribution in [0, 0.1) is 0 Å². The van der Waals surface area contributed by atoms with Crippen molar-refractivity contribution in [1.82, 2.24) is 0 Å². The molecule has 0 aromatic carbocycles. The van der Waals surface area contributed by atoms with E-state index < -0.39 is 6.10 Å². The minimum Gasteiger partial charge on any atom is -0.462 e. The lowest BCUT2D eigenvalue weighted by Gasteiger charge is -2.15. The number of ether oxygens (including phenoxy) is 2. The van der Waals surface area contributed by atoms with Crippen molar-refractivity contribution in [3.05, 3.63) is 85.1 Å². The van der Waals surface area contributed by atoms with Gasteiger partial charge in [-0.1, -0.05) is 221 Å². The molecule has 0 amide bonds. The van der Waals surface area contributed by atoms with Gasteiger partial charge in [0, 0.05) is 12.8 Å². The van der Waals surface area contributed by atoms with Gasteiger partial charge in [0.15, 0.2) is 6.10 Å².